The molecule has 1 rings (SSSR count). The number of benzene rings is 1. The van der Waals surface area contributed by atoms with E-state index in [4.69, 9.17) is 11.6 Å². The van der Waals surface area contributed by atoms with Gasteiger partial charge in [-0.25, -0.2) is 4.39 Å². The Morgan fingerprint density at radius 3 is 2.64 bits per heavy atom. The van der Waals surface area contributed by atoms with Crippen LogP contribution >= 0.6 is 27.5 Å². The largest absolute Gasteiger partial charge is 0.205 e. The summed E-state index contributed by atoms with van der Waals surface area (Å²) in [7, 11) is 0. The van der Waals surface area contributed by atoms with Crippen molar-refractivity contribution in [1.29, 1.82) is 0 Å². The average molecular weight is 237 g/mol. The van der Waals surface area contributed by atoms with Crippen LogP contribution in [0.2, 0.25) is 5.02 Å². The molecule has 3 heteroatoms. The molecule has 0 spiro atoms. The Labute approximate surface area is 78.5 Å². The molecule has 0 N–H and O–H groups in total. The van der Waals surface area contributed by atoms with Crippen LogP contribution in [-0.4, -0.2) is 0 Å². The summed E-state index contributed by atoms with van der Waals surface area (Å²) in [5, 5.41) is 0.205. The monoisotopic (exact) mass is 236 g/mol. The number of halogens is 3. The fraction of sp³-hybridized carbons (Fsp3) is 0.250. The Bertz CT molecular complexity index is 260. The van der Waals surface area contributed by atoms with Gasteiger partial charge < -0.3 is 0 Å². The number of hydrogen-bond acceptors (Lipinski definition) is 0. The molecule has 0 saturated carbocycles. The molecule has 11 heavy (non-hydrogen) atoms. The van der Waals surface area contributed by atoms with Crippen molar-refractivity contribution in [3.63, 3.8) is 0 Å². The molecular weight excluding hydrogens is 230 g/mol. The van der Waals surface area contributed by atoms with Gasteiger partial charge in [-0.05, 0) is 18.6 Å². The van der Waals surface area contributed by atoms with Gasteiger partial charge in [0.05, 0.1) is 5.02 Å². The van der Waals surface area contributed by atoms with Crippen LogP contribution in [0.5, 0.6) is 0 Å². The van der Waals surface area contributed by atoms with Crippen LogP contribution in [0.1, 0.15) is 17.3 Å². The number of alkyl halides is 1. The zero-order valence-electron chi connectivity index (χ0n) is 5.94. The topological polar surface area (TPSA) is 0 Å². The molecule has 0 aliphatic heterocycles. The summed E-state index contributed by atoms with van der Waals surface area (Å²) < 4.78 is 12.8. The van der Waals surface area contributed by atoms with E-state index >= 15 is 0 Å². The average Bonchev–Trinajstić information content (AvgIpc) is 1.94. The van der Waals surface area contributed by atoms with Crippen LogP contribution in [0.3, 0.4) is 0 Å². The SMILES string of the molecule is CC(Br)c1cccc(F)c1Cl. The molecular formula is C8H7BrClF. The summed E-state index contributed by atoms with van der Waals surface area (Å²) in [5.41, 5.74) is 0.784. The van der Waals surface area contributed by atoms with Gasteiger partial charge in [-0.3, -0.25) is 0 Å². The van der Waals surface area contributed by atoms with E-state index in [1.54, 1.807) is 12.1 Å². The number of hydrogen-bond donors (Lipinski definition) is 0. The van der Waals surface area contributed by atoms with Crippen LogP contribution in [0.4, 0.5) is 4.39 Å². The Kier molecular flexibility index (Phi) is 2.90. The minimum atomic E-state index is -0.365. The molecule has 0 fully saturated rings. The molecule has 0 nitrogen and oxygen atoms in total. The van der Waals surface area contributed by atoms with Crippen molar-refractivity contribution in [3.8, 4) is 0 Å². The standard InChI is InChI=1S/C8H7BrClF/c1-5(9)6-3-2-4-7(11)8(6)10/h2-5H,1H3. The second kappa shape index (κ2) is 3.55. The fourth-order valence-electron chi connectivity index (χ4n) is 0.828. The van der Waals surface area contributed by atoms with Crippen LogP contribution in [0.25, 0.3) is 0 Å². The van der Waals surface area contributed by atoms with Crippen molar-refractivity contribution in [2.75, 3.05) is 0 Å². The highest BCUT2D eigenvalue weighted by Gasteiger charge is 2.08. The Balaban J connectivity index is 3.17. The summed E-state index contributed by atoms with van der Waals surface area (Å²) in [4.78, 5) is 0.0886. The first kappa shape index (κ1) is 9.01. The van der Waals surface area contributed by atoms with Crippen molar-refractivity contribution in [2.24, 2.45) is 0 Å². The zero-order chi connectivity index (χ0) is 8.43. The molecule has 1 aromatic carbocycles. The van der Waals surface area contributed by atoms with Crippen LogP contribution in [-0.2, 0) is 0 Å². The smallest absolute Gasteiger partial charge is 0.142 e. The predicted molar refractivity (Wildman–Crippen MR) is 48.8 cm³/mol. The third-order valence-electron chi connectivity index (χ3n) is 1.41. The van der Waals surface area contributed by atoms with E-state index in [1.807, 2.05) is 6.92 Å². The van der Waals surface area contributed by atoms with Crippen LogP contribution in [0.15, 0.2) is 18.2 Å². The molecule has 1 aromatic rings. The van der Waals surface area contributed by atoms with Crippen molar-refractivity contribution < 1.29 is 4.39 Å². The Morgan fingerprint density at radius 1 is 1.55 bits per heavy atom. The van der Waals surface area contributed by atoms with Crippen molar-refractivity contribution >= 4 is 27.5 Å². The third kappa shape index (κ3) is 1.94. The summed E-state index contributed by atoms with van der Waals surface area (Å²) in [6.07, 6.45) is 0. The molecule has 60 valence electrons. The normalized spacial score (nSPS) is 13.1. The van der Waals surface area contributed by atoms with Gasteiger partial charge >= 0.3 is 0 Å². The van der Waals surface area contributed by atoms with Gasteiger partial charge in [0.25, 0.3) is 0 Å². The van der Waals surface area contributed by atoms with E-state index in [1.165, 1.54) is 6.07 Å². The molecule has 1 unspecified atom stereocenters. The third-order valence-corrected chi connectivity index (χ3v) is 2.30. The van der Waals surface area contributed by atoms with Crippen molar-refractivity contribution in [1.82, 2.24) is 0 Å². The summed E-state index contributed by atoms with van der Waals surface area (Å²) in [6, 6.07) is 4.79. The predicted octanol–water partition coefficient (Wildman–Crippen LogP) is 3.94. The highest BCUT2D eigenvalue weighted by molar-refractivity contribution is 9.09. The van der Waals surface area contributed by atoms with Gasteiger partial charge in [0, 0.05) is 4.83 Å². The highest BCUT2D eigenvalue weighted by atomic mass is 79.9. The molecule has 0 saturated heterocycles. The molecule has 0 amide bonds. The first-order chi connectivity index (χ1) is 5.13. The molecule has 0 aliphatic carbocycles. The first-order valence-electron chi connectivity index (χ1n) is 3.21. The lowest BCUT2D eigenvalue weighted by Crippen LogP contribution is -1.87. The van der Waals surface area contributed by atoms with Crippen molar-refractivity contribution in [2.45, 2.75) is 11.8 Å². The maximum Gasteiger partial charge on any atom is 0.142 e. The first-order valence-corrected chi connectivity index (χ1v) is 4.50. The van der Waals surface area contributed by atoms with E-state index in [-0.39, 0.29) is 15.7 Å². The van der Waals surface area contributed by atoms with Gasteiger partial charge in [0.2, 0.25) is 0 Å². The van der Waals surface area contributed by atoms with Gasteiger partial charge in [-0.15, -0.1) is 0 Å². The number of rotatable bonds is 1. The molecule has 0 bridgehead atoms. The lowest BCUT2D eigenvalue weighted by Gasteiger charge is -2.05. The highest BCUT2D eigenvalue weighted by Crippen LogP contribution is 2.30. The second-order valence-electron chi connectivity index (χ2n) is 2.26. The lowest BCUT2D eigenvalue weighted by molar-refractivity contribution is 0.626. The van der Waals surface area contributed by atoms with Gasteiger partial charge in [-0.1, -0.05) is 39.7 Å². The molecule has 0 heterocycles. The molecule has 0 radical (unpaired) electrons. The van der Waals surface area contributed by atoms with E-state index < -0.39 is 0 Å². The minimum Gasteiger partial charge on any atom is -0.205 e. The van der Waals surface area contributed by atoms with Gasteiger partial charge in [0.15, 0.2) is 0 Å². The minimum absolute atomic E-state index is 0.0886. The van der Waals surface area contributed by atoms with Gasteiger partial charge in [-0.2, -0.15) is 0 Å². The van der Waals surface area contributed by atoms with E-state index in [9.17, 15) is 4.39 Å². The maximum atomic E-state index is 12.8. The molecule has 0 aromatic heterocycles. The maximum absolute atomic E-state index is 12.8. The summed E-state index contributed by atoms with van der Waals surface area (Å²) in [6.45, 7) is 1.90. The zero-order valence-corrected chi connectivity index (χ0v) is 8.29. The fourth-order valence-corrected chi connectivity index (χ4v) is 1.63. The quantitative estimate of drug-likeness (QED) is 0.649. The van der Waals surface area contributed by atoms with Gasteiger partial charge in [0.1, 0.15) is 5.82 Å². The Morgan fingerprint density at radius 2 is 2.18 bits per heavy atom. The molecule has 1 atom stereocenters. The summed E-state index contributed by atoms with van der Waals surface area (Å²) in [5.74, 6) is -0.365. The van der Waals surface area contributed by atoms with Crippen molar-refractivity contribution in [3.05, 3.63) is 34.6 Å². The second-order valence-corrected chi connectivity index (χ2v) is 4.01. The van der Waals surface area contributed by atoms with Crippen LogP contribution in [0, 0.1) is 5.82 Å². The van der Waals surface area contributed by atoms with Crippen LogP contribution < -0.4 is 0 Å². The summed E-state index contributed by atoms with van der Waals surface area (Å²) >= 11 is 9.00. The van der Waals surface area contributed by atoms with E-state index in [0.29, 0.717) is 0 Å². The molecule has 0 aliphatic rings. The lowest BCUT2D eigenvalue weighted by atomic mass is 10.2. The van der Waals surface area contributed by atoms with E-state index in [2.05, 4.69) is 15.9 Å². The Hall–Kier alpha value is -0.0800. The van der Waals surface area contributed by atoms with E-state index in [0.717, 1.165) is 5.56 Å².